The number of nitrogens with zero attached hydrogens (tertiary/aromatic N) is 3. The Bertz CT molecular complexity index is 588. The van der Waals surface area contributed by atoms with Gasteiger partial charge in [0.1, 0.15) is 6.10 Å². The van der Waals surface area contributed by atoms with Gasteiger partial charge in [-0.05, 0) is 19.3 Å². The number of rotatable bonds is 5. The summed E-state index contributed by atoms with van der Waals surface area (Å²) < 4.78 is 36.6. The van der Waals surface area contributed by atoms with Crippen LogP contribution in [-0.2, 0) is 10.0 Å². The van der Waals surface area contributed by atoms with Crippen LogP contribution in [0.5, 0.6) is 11.8 Å². The Hall–Kier alpha value is -1.41. The number of aromatic nitrogens is 2. The van der Waals surface area contributed by atoms with Gasteiger partial charge in [-0.3, -0.25) is 0 Å². The molecule has 0 aromatic carbocycles. The second-order valence-corrected chi connectivity index (χ2v) is 7.21. The molecule has 1 atom stereocenters. The fourth-order valence-electron chi connectivity index (χ4n) is 2.29. The van der Waals surface area contributed by atoms with Gasteiger partial charge in [-0.1, -0.05) is 0 Å². The summed E-state index contributed by atoms with van der Waals surface area (Å²) in [4.78, 5) is 8.07. The second kappa shape index (κ2) is 5.17. The first-order valence-corrected chi connectivity index (χ1v) is 8.12. The fraction of sp³-hybridized carbons (Fsp3) is 0.667. The third kappa shape index (κ3) is 2.57. The van der Waals surface area contributed by atoms with E-state index < -0.39 is 10.0 Å². The van der Waals surface area contributed by atoms with Crippen molar-refractivity contribution in [2.24, 2.45) is 0 Å². The van der Waals surface area contributed by atoms with E-state index >= 15 is 0 Å². The van der Waals surface area contributed by atoms with Crippen molar-refractivity contribution in [3.05, 3.63) is 12.4 Å². The minimum absolute atomic E-state index is 0.174. The Morgan fingerprint density at radius 2 is 1.90 bits per heavy atom. The molecule has 0 N–H and O–H groups in total. The predicted molar refractivity (Wildman–Crippen MR) is 71.1 cm³/mol. The molecule has 2 heterocycles. The Morgan fingerprint density at radius 1 is 1.20 bits per heavy atom. The van der Waals surface area contributed by atoms with Crippen molar-refractivity contribution in [3.63, 3.8) is 0 Å². The zero-order valence-electron chi connectivity index (χ0n) is 11.2. The molecule has 0 spiro atoms. The molecule has 0 amide bonds. The van der Waals surface area contributed by atoms with Crippen LogP contribution in [0.2, 0.25) is 0 Å². The van der Waals surface area contributed by atoms with Crippen LogP contribution in [0, 0.1) is 0 Å². The average Bonchev–Trinajstić information content (AvgIpc) is 3.20. The minimum atomic E-state index is -3.12. The Kier molecular flexibility index (Phi) is 3.51. The van der Waals surface area contributed by atoms with Crippen LogP contribution < -0.4 is 9.47 Å². The van der Waals surface area contributed by atoms with Crippen molar-refractivity contribution >= 4 is 10.0 Å². The van der Waals surface area contributed by atoms with E-state index in [4.69, 9.17) is 9.47 Å². The fourth-order valence-corrected chi connectivity index (χ4v) is 4.18. The van der Waals surface area contributed by atoms with Crippen LogP contribution in [0.4, 0.5) is 0 Å². The van der Waals surface area contributed by atoms with Gasteiger partial charge >= 0.3 is 0 Å². The summed E-state index contributed by atoms with van der Waals surface area (Å²) in [5.41, 5.74) is 0. The van der Waals surface area contributed by atoms with Gasteiger partial charge in [-0.15, -0.1) is 0 Å². The smallest absolute Gasteiger partial charge is 0.278 e. The highest BCUT2D eigenvalue weighted by atomic mass is 32.2. The van der Waals surface area contributed by atoms with Gasteiger partial charge in [0.25, 0.3) is 11.8 Å². The molecule has 2 aliphatic rings. The third-order valence-electron chi connectivity index (χ3n) is 3.52. The molecule has 1 saturated heterocycles. The van der Waals surface area contributed by atoms with Crippen molar-refractivity contribution in [1.29, 1.82) is 0 Å². The molecular weight excluding hydrogens is 282 g/mol. The largest absolute Gasteiger partial charge is 0.477 e. The highest BCUT2D eigenvalue weighted by Crippen LogP contribution is 2.33. The first-order valence-electron chi connectivity index (χ1n) is 6.62. The van der Waals surface area contributed by atoms with Crippen molar-refractivity contribution < 1.29 is 17.9 Å². The van der Waals surface area contributed by atoms with Crippen molar-refractivity contribution in [2.45, 2.75) is 30.6 Å². The van der Waals surface area contributed by atoms with E-state index in [0.29, 0.717) is 31.3 Å². The van der Waals surface area contributed by atoms with Gasteiger partial charge in [0.05, 0.1) is 18.9 Å². The maximum Gasteiger partial charge on any atom is 0.278 e. The summed E-state index contributed by atoms with van der Waals surface area (Å²) in [5, 5.41) is -0.174. The van der Waals surface area contributed by atoms with Crippen molar-refractivity contribution in [2.75, 3.05) is 20.2 Å². The molecule has 1 aliphatic carbocycles. The van der Waals surface area contributed by atoms with Crippen LogP contribution in [0.25, 0.3) is 0 Å². The molecule has 3 rings (SSSR count). The number of methoxy groups -OCH3 is 1. The molecular formula is C12H17N3O4S. The third-order valence-corrected chi connectivity index (χ3v) is 5.88. The first-order chi connectivity index (χ1) is 9.61. The lowest BCUT2D eigenvalue weighted by Gasteiger charge is -2.17. The van der Waals surface area contributed by atoms with E-state index in [1.54, 1.807) is 0 Å². The number of hydrogen-bond donors (Lipinski definition) is 0. The topological polar surface area (TPSA) is 81.6 Å². The van der Waals surface area contributed by atoms with Gasteiger partial charge < -0.3 is 9.47 Å². The molecule has 8 heteroatoms. The summed E-state index contributed by atoms with van der Waals surface area (Å²) in [6, 6.07) is 0. The van der Waals surface area contributed by atoms with Gasteiger partial charge in [-0.2, -0.15) is 4.31 Å². The van der Waals surface area contributed by atoms with E-state index in [1.165, 1.54) is 23.8 Å². The zero-order valence-corrected chi connectivity index (χ0v) is 12.0. The summed E-state index contributed by atoms with van der Waals surface area (Å²) >= 11 is 0. The molecule has 0 unspecified atom stereocenters. The SMILES string of the molecule is COc1nccnc1O[C@H]1CCN(S(=O)(=O)C2CC2)C1. The molecule has 1 aliphatic heterocycles. The average molecular weight is 299 g/mol. The maximum absolute atomic E-state index is 12.1. The zero-order chi connectivity index (χ0) is 14.2. The molecule has 1 aromatic rings. The van der Waals surface area contributed by atoms with Gasteiger partial charge in [-0.25, -0.2) is 18.4 Å². The number of sulfonamides is 1. The van der Waals surface area contributed by atoms with Crippen LogP contribution >= 0.6 is 0 Å². The predicted octanol–water partition coefficient (Wildman–Crippen LogP) is 0.431. The molecule has 7 nitrogen and oxygen atoms in total. The van der Waals surface area contributed by atoms with Gasteiger partial charge in [0.2, 0.25) is 10.0 Å². The summed E-state index contributed by atoms with van der Waals surface area (Å²) in [6.07, 6.45) is 5.06. The lowest BCUT2D eigenvalue weighted by Crippen LogP contribution is -2.33. The molecule has 1 saturated carbocycles. The van der Waals surface area contributed by atoms with E-state index in [0.717, 1.165) is 12.8 Å². The highest BCUT2D eigenvalue weighted by molar-refractivity contribution is 7.90. The standard InChI is InChI=1S/C12H17N3O4S/c1-18-11-12(14-6-5-13-11)19-9-4-7-15(8-9)20(16,17)10-2-3-10/h5-6,9-10H,2-4,7-8H2,1H3/t9-/m0/s1. The molecule has 110 valence electrons. The van der Waals surface area contributed by atoms with Gasteiger partial charge in [0, 0.05) is 18.9 Å². The molecule has 0 bridgehead atoms. The maximum atomic E-state index is 12.1. The number of ether oxygens (including phenoxy) is 2. The van der Waals surface area contributed by atoms with Crippen LogP contribution in [0.15, 0.2) is 12.4 Å². The summed E-state index contributed by atoms with van der Waals surface area (Å²) in [6.45, 7) is 0.880. The lowest BCUT2D eigenvalue weighted by atomic mass is 10.3. The van der Waals surface area contributed by atoms with Gasteiger partial charge in [0.15, 0.2) is 0 Å². The molecule has 1 aromatic heterocycles. The first kappa shape index (κ1) is 13.6. The van der Waals surface area contributed by atoms with E-state index in [9.17, 15) is 8.42 Å². The number of hydrogen-bond acceptors (Lipinski definition) is 6. The summed E-state index contributed by atoms with van der Waals surface area (Å²) in [5.74, 6) is 0.627. The summed E-state index contributed by atoms with van der Waals surface area (Å²) in [7, 11) is -1.62. The minimum Gasteiger partial charge on any atom is -0.477 e. The normalized spacial score (nSPS) is 23.8. The van der Waals surface area contributed by atoms with Crippen LogP contribution in [0.3, 0.4) is 0 Å². The molecule has 2 fully saturated rings. The second-order valence-electron chi connectivity index (χ2n) is 5.00. The van der Waals surface area contributed by atoms with Crippen LogP contribution in [-0.4, -0.2) is 54.2 Å². The van der Waals surface area contributed by atoms with Crippen LogP contribution in [0.1, 0.15) is 19.3 Å². The Balaban J connectivity index is 1.66. The van der Waals surface area contributed by atoms with E-state index in [-0.39, 0.29) is 11.4 Å². The molecule has 0 radical (unpaired) electrons. The monoisotopic (exact) mass is 299 g/mol. The van der Waals surface area contributed by atoms with Crippen molar-refractivity contribution in [3.8, 4) is 11.8 Å². The lowest BCUT2D eigenvalue weighted by molar-refractivity contribution is 0.194. The van der Waals surface area contributed by atoms with E-state index in [2.05, 4.69) is 9.97 Å². The molecule has 20 heavy (non-hydrogen) atoms. The highest BCUT2D eigenvalue weighted by Gasteiger charge is 2.43. The van der Waals surface area contributed by atoms with E-state index in [1.807, 2.05) is 0 Å². The quantitative estimate of drug-likeness (QED) is 0.784. The Morgan fingerprint density at radius 3 is 2.55 bits per heavy atom. The Labute approximate surface area is 118 Å². The van der Waals surface area contributed by atoms with Crippen molar-refractivity contribution in [1.82, 2.24) is 14.3 Å².